The van der Waals surface area contributed by atoms with Crippen molar-refractivity contribution in [2.75, 3.05) is 0 Å². The van der Waals surface area contributed by atoms with E-state index < -0.39 is 0 Å². The van der Waals surface area contributed by atoms with E-state index in [-0.39, 0.29) is 0 Å². The lowest BCUT2D eigenvalue weighted by atomic mass is 9.83. The fourth-order valence-electron chi connectivity index (χ4n) is 9.50. The van der Waals surface area contributed by atoms with Crippen LogP contribution in [0.2, 0.25) is 0 Å². The van der Waals surface area contributed by atoms with E-state index >= 15 is 0 Å². The molecule has 2 nitrogen and oxygen atoms in total. The van der Waals surface area contributed by atoms with E-state index in [1.54, 1.807) is 0 Å². The third kappa shape index (κ3) is 4.38. The minimum Gasteiger partial charge on any atom is -0.456 e. The fourth-order valence-corrected chi connectivity index (χ4v) is 9.50. The first-order valence-corrected chi connectivity index (χ1v) is 19.3. The molecule has 0 amide bonds. The van der Waals surface area contributed by atoms with Gasteiger partial charge in [-0.2, -0.15) is 0 Å². The monoisotopic (exact) mass is 711 g/mol. The fraction of sp³-hybridized carbons (Fsp3) is 0. The molecule has 0 aliphatic heterocycles. The Balaban J connectivity index is 1.20. The maximum Gasteiger partial charge on any atom is 0.137 e. The van der Waals surface area contributed by atoms with Gasteiger partial charge in [-0.3, -0.25) is 0 Å². The van der Waals surface area contributed by atoms with Gasteiger partial charge in [0.1, 0.15) is 11.2 Å². The van der Waals surface area contributed by atoms with E-state index in [2.05, 4.69) is 205 Å². The Bertz CT molecular complexity index is 3420. The second-order valence-corrected chi connectivity index (χ2v) is 14.7. The molecular formula is C54H33NO. The molecule has 0 atom stereocenters. The van der Waals surface area contributed by atoms with Gasteiger partial charge >= 0.3 is 0 Å². The number of benzene rings is 10. The van der Waals surface area contributed by atoms with Crippen molar-refractivity contribution in [2.45, 2.75) is 0 Å². The van der Waals surface area contributed by atoms with Crippen LogP contribution in [-0.4, -0.2) is 4.57 Å². The van der Waals surface area contributed by atoms with Gasteiger partial charge in [0.2, 0.25) is 0 Å². The molecule has 0 bridgehead atoms. The Kier molecular flexibility index (Phi) is 6.66. The molecule has 2 heteroatoms. The third-order valence-electron chi connectivity index (χ3n) is 11.8. The Morgan fingerprint density at radius 3 is 1.36 bits per heavy atom. The summed E-state index contributed by atoms with van der Waals surface area (Å²) in [6, 6.07) is 72.7. The van der Waals surface area contributed by atoms with Crippen molar-refractivity contribution in [3.8, 4) is 39.1 Å². The second kappa shape index (κ2) is 12.0. The summed E-state index contributed by atoms with van der Waals surface area (Å²) in [6.45, 7) is 0. The molecule has 0 fully saturated rings. The first kappa shape index (κ1) is 31.0. The first-order valence-electron chi connectivity index (χ1n) is 19.3. The molecule has 2 aromatic heterocycles. The van der Waals surface area contributed by atoms with Crippen molar-refractivity contribution in [1.82, 2.24) is 4.57 Å². The average molecular weight is 712 g/mol. The number of nitrogens with zero attached hydrogens (tertiary/aromatic N) is 1. The summed E-state index contributed by atoms with van der Waals surface area (Å²) < 4.78 is 9.05. The molecule has 12 rings (SSSR count). The lowest BCUT2D eigenvalue weighted by Crippen LogP contribution is -1.99. The minimum atomic E-state index is 0.879. The number of fused-ring (bicyclic) bond motifs is 9. The SMILES string of the molecule is c1ccc(-c2c3ccccc3c(-c3ccc(-c4ccc5oc6ccccc6c5c4-n4c5ccccc5c5ccccc54)c4ccccc34)c3ccccc23)cc1. The molecule has 0 aliphatic rings. The van der Waals surface area contributed by atoms with Crippen LogP contribution in [0.3, 0.4) is 0 Å². The standard InChI is InChI=1S/C54H33NO/c1-2-16-34(17-3-1)51-40-22-6-8-24-42(40)52(43-25-9-7-23-41(43)51)44-31-30-37(35-18-4-5-19-36(35)44)45-32-33-50-53(46-26-12-15-29-49(46)56-50)54(45)55-47-27-13-10-20-38(47)39-21-11-14-28-48(39)55/h1-33H. The van der Waals surface area contributed by atoms with Gasteiger partial charge in [0.05, 0.1) is 22.1 Å². The van der Waals surface area contributed by atoms with Crippen molar-refractivity contribution in [2.24, 2.45) is 0 Å². The Labute approximate surface area is 323 Å². The van der Waals surface area contributed by atoms with Gasteiger partial charge in [0.25, 0.3) is 0 Å². The van der Waals surface area contributed by atoms with Crippen molar-refractivity contribution in [1.29, 1.82) is 0 Å². The molecule has 2 heterocycles. The second-order valence-electron chi connectivity index (χ2n) is 14.7. The summed E-state index contributed by atoms with van der Waals surface area (Å²) in [4.78, 5) is 0. The summed E-state index contributed by atoms with van der Waals surface area (Å²) in [5, 5.41) is 12.1. The zero-order valence-corrected chi connectivity index (χ0v) is 30.4. The highest BCUT2D eigenvalue weighted by Gasteiger charge is 2.24. The van der Waals surface area contributed by atoms with Crippen LogP contribution in [0.15, 0.2) is 205 Å². The van der Waals surface area contributed by atoms with Gasteiger partial charge in [0, 0.05) is 21.7 Å². The average Bonchev–Trinajstić information content (AvgIpc) is 3.81. The molecule has 0 N–H and O–H groups in total. The van der Waals surface area contributed by atoms with Crippen LogP contribution >= 0.6 is 0 Å². The Morgan fingerprint density at radius 1 is 0.286 bits per heavy atom. The van der Waals surface area contributed by atoms with Gasteiger partial charge in [-0.15, -0.1) is 0 Å². The molecule has 0 unspecified atom stereocenters. The number of para-hydroxylation sites is 3. The third-order valence-corrected chi connectivity index (χ3v) is 11.8. The highest BCUT2D eigenvalue weighted by molar-refractivity contribution is 6.25. The Morgan fingerprint density at radius 2 is 0.732 bits per heavy atom. The molecule has 260 valence electrons. The van der Waals surface area contributed by atoms with E-state index in [1.807, 2.05) is 0 Å². The number of furan rings is 1. The molecule has 0 radical (unpaired) electrons. The van der Waals surface area contributed by atoms with Gasteiger partial charge in [-0.25, -0.2) is 0 Å². The largest absolute Gasteiger partial charge is 0.456 e. The van der Waals surface area contributed by atoms with E-state index in [4.69, 9.17) is 4.42 Å². The van der Waals surface area contributed by atoms with Crippen LogP contribution in [0.5, 0.6) is 0 Å². The van der Waals surface area contributed by atoms with E-state index in [0.717, 1.165) is 33.2 Å². The highest BCUT2D eigenvalue weighted by Crippen LogP contribution is 2.49. The minimum absolute atomic E-state index is 0.879. The first-order chi connectivity index (χ1) is 27.8. The number of rotatable bonds is 4. The van der Waals surface area contributed by atoms with Crippen LogP contribution in [-0.2, 0) is 0 Å². The summed E-state index contributed by atoms with van der Waals surface area (Å²) in [5.41, 5.74) is 12.6. The molecule has 12 aromatic rings. The molecule has 0 saturated heterocycles. The summed E-state index contributed by atoms with van der Waals surface area (Å²) in [6.07, 6.45) is 0. The van der Waals surface area contributed by atoms with Crippen LogP contribution in [0, 0.1) is 0 Å². The maximum absolute atomic E-state index is 6.58. The molecule has 10 aromatic carbocycles. The zero-order chi connectivity index (χ0) is 36.7. The molecule has 56 heavy (non-hydrogen) atoms. The van der Waals surface area contributed by atoms with Gasteiger partial charge in [0.15, 0.2) is 0 Å². The van der Waals surface area contributed by atoms with Crippen LogP contribution in [0.4, 0.5) is 0 Å². The van der Waals surface area contributed by atoms with Crippen LogP contribution in [0.1, 0.15) is 0 Å². The Hall–Kier alpha value is -7.42. The summed E-state index contributed by atoms with van der Waals surface area (Å²) >= 11 is 0. The number of aromatic nitrogens is 1. The smallest absolute Gasteiger partial charge is 0.137 e. The van der Waals surface area contributed by atoms with Gasteiger partial charge < -0.3 is 8.98 Å². The normalized spacial score (nSPS) is 11.9. The topological polar surface area (TPSA) is 18.1 Å². The molecule has 0 spiro atoms. The maximum atomic E-state index is 6.58. The van der Waals surface area contributed by atoms with Gasteiger partial charge in [-0.1, -0.05) is 170 Å². The van der Waals surface area contributed by atoms with Crippen molar-refractivity contribution in [3.05, 3.63) is 200 Å². The van der Waals surface area contributed by atoms with Crippen molar-refractivity contribution >= 4 is 76.1 Å². The van der Waals surface area contributed by atoms with E-state index in [1.165, 1.54) is 81.9 Å². The molecule has 0 aliphatic carbocycles. The zero-order valence-electron chi connectivity index (χ0n) is 30.4. The highest BCUT2D eigenvalue weighted by atomic mass is 16.3. The van der Waals surface area contributed by atoms with E-state index in [0.29, 0.717) is 0 Å². The predicted octanol–water partition coefficient (Wildman–Crippen LogP) is 15.1. The molecular weight excluding hydrogens is 679 g/mol. The lowest BCUT2D eigenvalue weighted by molar-refractivity contribution is 0.669. The van der Waals surface area contributed by atoms with Crippen molar-refractivity contribution < 1.29 is 4.42 Å². The predicted molar refractivity (Wildman–Crippen MR) is 237 cm³/mol. The van der Waals surface area contributed by atoms with E-state index in [9.17, 15) is 0 Å². The van der Waals surface area contributed by atoms with Crippen LogP contribution in [0.25, 0.3) is 115 Å². The number of hydrogen-bond donors (Lipinski definition) is 0. The summed E-state index contributed by atoms with van der Waals surface area (Å²) in [7, 11) is 0. The van der Waals surface area contributed by atoms with Crippen LogP contribution < -0.4 is 0 Å². The molecule has 0 saturated carbocycles. The van der Waals surface area contributed by atoms with Crippen molar-refractivity contribution in [3.63, 3.8) is 0 Å². The number of hydrogen-bond acceptors (Lipinski definition) is 1. The van der Waals surface area contributed by atoms with Gasteiger partial charge in [-0.05, 0) is 90.5 Å². The lowest BCUT2D eigenvalue weighted by Gasteiger charge is -2.21. The quantitative estimate of drug-likeness (QED) is 0.166. The summed E-state index contributed by atoms with van der Waals surface area (Å²) in [5.74, 6) is 0.